The van der Waals surface area contributed by atoms with E-state index in [1.165, 1.54) is 11.3 Å². The van der Waals surface area contributed by atoms with Gasteiger partial charge in [0.25, 0.3) is 5.56 Å². The van der Waals surface area contributed by atoms with Gasteiger partial charge in [-0.05, 0) is 36.2 Å². The number of fused-ring (bicyclic) bond motifs is 1. The molecule has 0 spiro atoms. The molecule has 0 aliphatic carbocycles. The first-order chi connectivity index (χ1) is 14.6. The van der Waals surface area contributed by atoms with Crippen LogP contribution in [-0.4, -0.2) is 22.6 Å². The SMILES string of the molecule is COc1ccc(Cc2nc3scc(-c4ccco4)c3c(=O)n2CCCC(N)=O)cc1. The number of thiophene rings is 1. The van der Waals surface area contributed by atoms with Crippen molar-refractivity contribution >= 4 is 27.5 Å². The molecule has 3 heterocycles. The maximum atomic E-state index is 13.4. The summed E-state index contributed by atoms with van der Waals surface area (Å²) in [5.74, 6) is 1.66. The van der Waals surface area contributed by atoms with E-state index in [0.717, 1.165) is 16.9 Å². The van der Waals surface area contributed by atoms with Gasteiger partial charge in [-0.2, -0.15) is 0 Å². The Morgan fingerprint density at radius 3 is 2.73 bits per heavy atom. The minimum atomic E-state index is -0.388. The number of amides is 1. The van der Waals surface area contributed by atoms with Crippen molar-refractivity contribution in [3.05, 3.63) is 69.8 Å². The molecule has 0 aliphatic heterocycles. The number of primary amides is 1. The highest BCUT2D eigenvalue weighted by atomic mass is 32.1. The molecule has 0 unspecified atom stereocenters. The van der Waals surface area contributed by atoms with Crippen molar-refractivity contribution in [1.82, 2.24) is 9.55 Å². The Morgan fingerprint density at radius 2 is 2.07 bits per heavy atom. The van der Waals surface area contributed by atoms with Gasteiger partial charge < -0.3 is 14.9 Å². The van der Waals surface area contributed by atoms with E-state index in [0.29, 0.717) is 41.2 Å². The Balaban J connectivity index is 1.78. The molecule has 0 saturated heterocycles. The molecule has 0 fully saturated rings. The minimum Gasteiger partial charge on any atom is -0.497 e. The van der Waals surface area contributed by atoms with E-state index in [1.54, 1.807) is 24.0 Å². The molecule has 0 aliphatic rings. The summed E-state index contributed by atoms with van der Waals surface area (Å²) in [6, 6.07) is 11.3. The van der Waals surface area contributed by atoms with Crippen molar-refractivity contribution in [2.24, 2.45) is 5.73 Å². The van der Waals surface area contributed by atoms with Gasteiger partial charge >= 0.3 is 0 Å². The van der Waals surface area contributed by atoms with E-state index in [-0.39, 0.29) is 17.9 Å². The number of benzene rings is 1. The average Bonchev–Trinajstić information content (AvgIpc) is 3.40. The number of nitrogens with two attached hydrogens (primary N) is 1. The Hall–Kier alpha value is -3.39. The predicted molar refractivity (Wildman–Crippen MR) is 116 cm³/mol. The molecule has 1 aromatic carbocycles. The summed E-state index contributed by atoms with van der Waals surface area (Å²) in [6.45, 7) is 0.365. The number of carbonyl (C=O) groups is 1. The first-order valence-electron chi connectivity index (χ1n) is 9.53. The monoisotopic (exact) mass is 423 g/mol. The first-order valence-corrected chi connectivity index (χ1v) is 10.4. The van der Waals surface area contributed by atoms with Crippen LogP contribution in [0.4, 0.5) is 0 Å². The summed E-state index contributed by atoms with van der Waals surface area (Å²) >= 11 is 1.42. The van der Waals surface area contributed by atoms with Crippen molar-refractivity contribution in [2.75, 3.05) is 7.11 Å². The molecule has 0 saturated carbocycles. The van der Waals surface area contributed by atoms with Crippen molar-refractivity contribution in [3.63, 3.8) is 0 Å². The van der Waals surface area contributed by atoms with Gasteiger partial charge in [0, 0.05) is 30.3 Å². The zero-order valence-electron chi connectivity index (χ0n) is 16.5. The standard InChI is InChI=1S/C22H21N3O4S/c1-28-15-8-6-14(7-9-15)12-19-24-21-20(16(13-30-21)17-4-3-11-29-17)22(27)25(19)10-2-5-18(23)26/h3-4,6-9,11,13H,2,5,10,12H2,1H3,(H2,23,26). The van der Waals surface area contributed by atoms with Crippen LogP contribution >= 0.6 is 11.3 Å². The number of furan rings is 1. The van der Waals surface area contributed by atoms with Gasteiger partial charge in [0.1, 0.15) is 22.2 Å². The van der Waals surface area contributed by atoms with Crippen molar-refractivity contribution in [3.8, 4) is 17.1 Å². The molecule has 4 rings (SSSR count). The molecule has 154 valence electrons. The lowest BCUT2D eigenvalue weighted by Gasteiger charge is -2.13. The third-order valence-electron chi connectivity index (χ3n) is 4.89. The van der Waals surface area contributed by atoms with Crippen molar-refractivity contribution in [1.29, 1.82) is 0 Å². The fourth-order valence-electron chi connectivity index (χ4n) is 3.38. The van der Waals surface area contributed by atoms with Crippen LogP contribution in [0.1, 0.15) is 24.2 Å². The number of carbonyl (C=O) groups excluding carboxylic acids is 1. The summed E-state index contributed by atoms with van der Waals surface area (Å²) < 4.78 is 12.4. The van der Waals surface area contributed by atoms with Gasteiger partial charge in [-0.15, -0.1) is 11.3 Å². The fourth-order valence-corrected chi connectivity index (χ4v) is 4.32. The van der Waals surface area contributed by atoms with E-state index in [1.807, 2.05) is 35.7 Å². The smallest absolute Gasteiger partial charge is 0.263 e. The molecule has 2 N–H and O–H groups in total. The molecule has 30 heavy (non-hydrogen) atoms. The molecule has 1 amide bonds. The highest BCUT2D eigenvalue weighted by Gasteiger charge is 2.18. The van der Waals surface area contributed by atoms with Gasteiger partial charge in [0.15, 0.2) is 0 Å². The van der Waals surface area contributed by atoms with Gasteiger partial charge in [0.2, 0.25) is 5.91 Å². The number of rotatable bonds is 8. The minimum absolute atomic E-state index is 0.138. The van der Waals surface area contributed by atoms with Gasteiger partial charge in [0.05, 0.1) is 18.8 Å². The van der Waals surface area contributed by atoms with E-state index in [4.69, 9.17) is 19.9 Å². The maximum Gasteiger partial charge on any atom is 0.263 e. The molecule has 0 radical (unpaired) electrons. The zero-order chi connectivity index (χ0) is 21.1. The van der Waals surface area contributed by atoms with Crippen LogP contribution in [-0.2, 0) is 17.8 Å². The largest absolute Gasteiger partial charge is 0.497 e. The van der Waals surface area contributed by atoms with Crippen LogP contribution in [0.5, 0.6) is 5.75 Å². The molecule has 7 nitrogen and oxygen atoms in total. The van der Waals surface area contributed by atoms with Crippen LogP contribution in [0.15, 0.2) is 57.3 Å². The number of aromatic nitrogens is 2. The fraction of sp³-hybridized carbons (Fsp3) is 0.227. The van der Waals surface area contributed by atoms with Crippen LogP contribution in [0.25, 0.3) is 21.5 Å². The molecule has 3 aromatic heterocycles. The van der Waals surface area contributed by atoms with E-state index >= 15 is 0 Å². The van der Waals surface area contributed by atoms with Crippen LogP contribution in [0, 0.1) is 0 Å². The number of hydrogen-bond acceptors (Lipinski definition) is 6. The third kappa shape index (κ3) is 3.99. The van der Waals surface area contributed by atoms with E-state index in [9.17, 15) is 9.59 Å². The van der Waals surface area contributed by atoms with Crippen molar-refractivity contribution in [2.45, 2.75) is 25.8 Å². The average molecular weight is 423 g/mol. The van der Waals surface area contributed by atoms with Gasteiger partial charge in [-0.25, -0.2) is 4.98 Å². The van der Waals surface area contributed by atoms with Gasteiger partial charge in [-0.1, -0.05) is 12.1 Å². The second-order valence-corrected chi connectivity index (χ2v) is 7.74. The lowest BCUT2D eigenvalue weighted by Crippen LogP contribution is -2.26. The Bertz CT molecular complexity index is 1220. The lowest BCUT2D eigenvalue weighted by atomic mass is 10.1. The number of hydrogen-bond donors (Lipinski definition) is 1. The van der Waals surface area contributed by atoms with Crippen LogP contribution < -0.4 is 16.0 Å². The third-order valence-corrected chi connectivity index (χ3v) is 5.76. The summed E-state index contributed by atoms with van der Waals surface area (Å²) in [5, 5.41) is 2.43. The molecule has 0 atom stereocenters. The van der Waals surface area contributed by atoms with Crippen molar-refractivity contribution < 1.29 is 13.9 Å². The Kier molecular flexibility index (Phi) is 5.67. The summed E-state index contributed by atoms with van der Waals surface area (Å²) in [7, 11) is 1.62. The summed E-state index contributed by atoms with van der Waals surface area (Å²) in [6.07, 6.45) is 2.74. The highest BCUT2D eigenvalue weighted by molar-refractivity contribution is 7.17. The first kappa shape index (κ1) is 19.9. The quantitative estimate of drug-likeness (QED) is 0.467. The predicted octanol–water partition coefficient (Wildman–Crippen LogP) is 3.58. The zero-order valence-corrected chi connectivity index (χ0v) is 17.3. The Morgan fingerprint density at radius 1 is 1.27 bits per heavy atom. The Labute approximate surface area is 176 Å². The second-order valence-electron chi connectivity index (χ2n) is 6.89. The molecular weight excluding hydrogens is 402 g/mol. The van der Waals surface area contributed by atoms with Crippen LogP contribution in [0.2, 0.25) is 0 Å². The maximum absolute atomic E-state index is 13.4. The number of methoxy groups -OCH3 is 1. The number of ether oxygens (including phenoxy) is 1. The second kappa shape index (κ2) is 8.54. The molecule has 8 heteroatoms. The lowest BCUT2D eigenvalue weighted by molar-refractivity contribution is -0.118. The molecule has 4 aromatic rings. The summed E-state index contributed by atoms with van der Waals surface area (Å²) in [5.41, 5.74) is 6.88. The molecular formula is C22H21N3O4S. The molecule has 0 bridgehead atoms. The van der Waals surface area contributed by atoms with Crippen LogP contribution in [0.3, 0.4) is 0 Å². The van der Waals surface area contributed by atoms with E-state index < -0.39 is 0 Å². The van der Waals surface area contributed by atoms with Gasteiger partial charge in [-0.3, -0.25) is 14.2 Å². The highest BCUT2D eigenvalue weighted by Crippen LogP contribution is 2.31. The normalized spacial score (nSPS) is 11.1. The summed E-state index contributed by atoms with van der Waals surface area (Å²) in [4.78, 5) is 30.1. The van der Waals surface area contributed by atoms with E-state index in [2.05, 4.69) is 0 Å². The number of nitrogens with zero attached hydrogens (tertiary/aromatic N) is 2. The topological polar surface area (TPSA) is 100 Å².